The Morgan fingerprint density at radius 3 is 2.04 bits per heavy atom. The number of para-hydroxylation sites is 1. The average molecular weight is 350 g/mol. The Labute approximate surface area is 151 Å². The van der Waals surface area contributed by atoms with Gasteiger partial charge < -0.3 is 19.3 Å². The van der Waals surface area contributed by atoms with Gasteiger partial charge in [0.2, 0.25) is 0 Å². The van der Waals surface area contributed by atoms with Crippen LogP contribution in [0, 0.1) is 0 Å². The van der Waals surface area contributed by atoms with E-state index in [1.165, 1.54) is 0 Å². The van der Waals surface area contributed by atoms with Crippen LogP contribution in [-0.2, 0) is 11.2 Å². The van der Waals surface area contributed by atoms with Gasteiger partial charge in [-0.3, -0.25) is 4.79 Å². The number of ether oxygens (including phenoxy) is 3. The molecule has 0 heterocycles. The van der Waals surface area contributed by atoms with Crippen molar-refractivity contribution in [1.82, 2.24) is 0 Å². The van der Waals surface area contributed by atoms with Crippen LogP contribution in [-0.4, -0.2) is 18.2 Å². The van der Waals surface area contributed by atoms with Crippen LogP contribution in [0.1, 0.15) is 5.56 Å². The Hall–Kier alpha value is -3.47. The van der Waals surface area contributed by atoms with Gasteiger partial charge in [-0.15, -0.1) is 0 Å². The zero-order valence-electron chi connectivity index (χ0n) is 14.2. The number of rotatable bonds is 7. The lowest BCUT2D eigenvalue weighted by Gasteiger charge is -2.12. The summed E-state index contributed by atoms with van der Waals surface area (Å²) in [4.78, 5) is 11.0. The number of benzene rings is 3. The molecular formula is C21H18O5. The van der Waals surface area contributed by atoms with Crippen molar-refractivity contribution in [2.24, 2.45) is 0 Å². The summed E-state index contributed by atoms with van der Waals surface area (Å²) in [7, 11) is 1.60. The zero-order valence-corrected chi connectivity index (χ0v) is 14.2. The maximum Gasteiger partial charge on any atom is 0.307 e. The summed E-state index contributed by atoms with van der Waals surface area (Å²) in [6.07, 6.45) is -0.101. The molecule has 0 saturated heterocycles. The summed E-state index contributed by atoms with van der Waals surface area (Å²) >= 11 is 0. The van der Waals surface area contributed by atoms with Gasteiger partial charge in [0.15, 0.2) is 0 Å². The van der Waals surface area contributed by atoms with E-state index in [-0.39, 0.29) is 6.42 Å². The van der Waals surface area contributed by atoms with Crippen LogP contribution in [0.2, 0.25) is 0 Å². The fourth-order valence-electron chi connectivity index (χ4n) is 2.44. The van der Waals surface area contributed by atoms with Gasteiger partial charge in [-0.2, -0.15) is 0 Å². The van der Waals surface area contributed by atoms with Crippen LogP contribution in [0.5, 0.6) is 28.7 Å². The first-order valence-corrected chi connectivity index (χ1v) is 8.03. The average Bonchev–Trinajstić information content (AvgIpc) is 2.63. The van der Waals surface area contributed by atoms with E-state index in [0.29, 0.717) is 34.3 Å². The molecule has 0 atom stereocenters. The largest absolute Gasteiger partial charge is 0.497 e. The molecule has 3 aromatic rings. The second-order valence-corrected chi connectivity index (χ2v) is 5.54. The number of aliphatic carboxylic acids is 1. The van der Waals surface area contributed by atoms with Crippen LogP contribution in [0.25, 0.3) is 0 Å². The highest BCUT2D eigenvalue weighted by molar-refractivity contribution is 5.71. The molecule has 0 unspecified atom stereocenters. The smallest absolute Gasteiger partial charge is 0.307 e. The second-order valence-electron chi connectivity index (χ2n) is 5.54. The lowest BCUT2D eigenvalue weighted by Crippen LogP contribution is -2.01. The van der Waals surface area contributed by atoms with Crippen molar-refractivity contribution in [3.63, 3.8) is 0 Å². The monoisotopic (exact) mass is 350 g/mol. The van der Waals surface area contributed by atoms with Gasteiger partial charge in [0.05, 0.1) is 13.5 Å². The standard InChI is InChI=1S/C21H18O5/c1-24-16-7-4-8-17(13-16)25-18-9-5-10-19(14-18)26-20-11-3-2-6-15(20)12-21(22)23/h2-11,13-14H,12H2,1H3,(H,22,23). The van der Waals surface area contributed by atoms with Crippen molar-refractivity contribution in [2.75, 3.05) is 7.11 Å². The van der Waals surface area contributed by atoms with E-state index in [9.17, 15) is 4.79 Å². The molecule has 0 amide bonds. The Kier molecular flexibility index (Phi) is 5.39. The van der Waals surface area contributed by atoms with Crippen molar-refractivity contribution >= 4 is 5.97 Å². The molecule has 0 spiro atoms. The molecule has 132 valence electrons. The molecule has 3 aromatic carbocycles. The first-order chi connectivity index (χ1) is 12.6. The number of methoxy groups -OCH3 is 1. The van der Waals surface area contributed by atoms with Gasteiger partial charge in [0.25, 0.3) is 0 Å². The Bertz CT molecular complexity index is 904. The number of hydrogen-bond acceptors (Lipinski definition) is 4. The highest BCUT2D eigenvalue weighted by Crippen LogP contribution is 2.31. The number of carbonyl (C=O) groups is 1. The molecule has 0 saturated carbocycles. The predicted molar refractivity (Wildman–Crippen MR) is 97.4 cm³/mol. The topological polar surface area (TPSA) is 65.0 Å². The molecule has 3 rings (SSSR count). The van der Waals surface area contributed by atoms with Crippen molar-refractivity contribution in [2.45, 2.75) is 6.42 Å². The summed E-state index contributed by atoms with van der Waals surface area (Å²) in [5, 5.41) is 9.02. The Balaban J connectivity index is 1.78. The summed E-state index contributed by atoms with van der Waals surface area (Å²) in [6.45, 7) is 0. The third kappa shape index (κ3) is 4.54. The minimum atomic E-state index is -0.906. The van der Waals surface area contributed by atoms with Gasteiger partial charge >= 0.3 is 5.97 Å². The third-order valence-electron chi connectivity index (χ3n) is 3.62. The minimum Gasteiger partial charge on any atom is -0.497 e. The molecule has 1 N–H and O–H groups in total. The van der Waals surface area contributed by atoms with Crippen LogP contribution >= 0.6 is 0 Å². The first-order valence-electron chi connectivity index (χ1n) is 8.03. The summed E-state index contributed by atoms with van der Waals surface area (Å²) < 4.78 is 16.9. The molecule has 26 heavy (non-hydrogen) atoms. The number of carboxylic acids is 1. The number of hydrogen-bond donors (Lipinski definition) is 1. The molecule has 0 aromatic heterocycles. The quantitative estimate of drug-likeness (QED) is 0.656. The normalized spacial score (nSPS) is 10.2. The molecule has 5 heteroatoms. The molecule has 0 bridgehead atoms. The van der Waals surface area contributed by atoms with Crippen LogP contribution in [0.15, 0.2) is 72.8 Å². The third-order valence-corrected chi connectivity index (χ3v) is 3.62. The van der Waals surface area contributed by atoms with Crippen molar-refractivity contribution < 1.29 is 24.1 Å². The fourth-order valence-corrected chi connectivity index (χ4v) is 2.44. The Morgan fingerprint density at radius 1 is 0.808 bits per heavy atom. The van der Waals surface area contributed by atoms with Crippen molar-refractivity contribution in [3.8, 4) is 28.7 Å². The van der Waals surface area contributed by atoms with Crippen LogP contribution in [0.3, 0.4) is 0 Å². The van der Waals surface area contributed by atoms with E-state index in [0.717, 1.165) is 0 Å². The summed E-state index contributed by atoms with van der Waals surface area (Å²) in [6, 6.07) is 21.5. The fraction of sp³-hybridized carbons (Fsp3) is 0.0952. The van der Waals surface area contributed by atoms with Gasteiger partial charge in [-0.05, 0) is 30.3 Å². The molecule has 0 aliphatic carbocycles. The maximum atomic E-state index is 11.0. The zero-order chi connectivity index (χ0) is 18.4. The Morgan fingerprint density at radius 2 is 1.38 bits per heavy atom. The molecule has 5 nitrogen and oxygen atoms in total. The maximum absolute atomic E-state index is 11.0. The van der Waals surface area contributed by atoms with Gasteiger partial charge in [-0.1, -0.05) is 30.3 Å². The van der Waals surface area contributed by atoms with E-state index < -0.39 is 5.97 Å². The lowest BCUT2D eigenvalue weighted by atomic mass is 10.1. The summed E-state index contributed by atoms with van der Waals surface area (Å²) in [5.41, 5.74) is 0.610. The van der Waals surface area contributed by atoms with Crippen molar-refractivity contribution in [1.29, 1.82) is 0 Å². The van der Waals surface area contributed by atoms with E-state index in [4.69, 9.17) is 19.3 Å². The SMILES string of the molecule is COc1cccc(Oc2cccc(Oc3ccccc3CC(=O)O)c2)c1. The highest BCUT2D eigenvalue weighted by atomic mass is 16.5. The summed E-state index contributed by atoms with van der Waals surface area (Å²) in [5.74, 6) is 2.12. The van der Waals surface area contributed by atoms with Gasteiger partial charge in [0.1, 0.15) is 28.7 Å². The van der Waals surface area contributed by atoms with E-state index in [1.807, 2.05) is 30.3 Å². The number of carboxylic acid groups (broad SMARTS) is 1. The molecule has 0 aliphatic rings. The molecule has 0 fully saturated rings. The predicted octanol–water partition coefficient (Wildman–Crippen LogP) is 4.91. The van der Waals surface area contributed by atoms with Gasteiger partial charge in [0, 0.05) is 17.7 Å². The van der Waals surface area contributed by atoms with Crippen molar-refractivity contribution in [3.05, 3.63) is 78.4 Å². The lowest BCUT2D eigenvalue weighted by molar-refractivity contribution is -0.136. The second kappa shape index (κ2) is 8.07. The first kappa shape index (κ1) is 17.4. The van der Waals surface area contributed by atoms with Crippen LogP contribution in [0.4, 0.5) is 0 Å². The molecule has 0 radical (unpaired) electrons. The van der Waals surface area contributed by atoms with E-state index in [1.54, 1.807) is 49.6 Å². The van der Waals surface area contributed by atoms with Crippen LogP contribution < -0.4 is 14.2 Å². The highest BCUT2D eigenvalue weighted by Gasteiger charge is 2.09. The van der Waals surface area contributed by atoms with E-state index >= 15 is 0 Å². The van der Waals surface area contributed by atoms with E-state index in [2.05, 4.69) is 0 Å². The molecular weight excluding hydrogens is 332 g/mol. The molecule has 0 aliphatic heterocycles. The van der Waals surface area contributed by atoms with Gasteiger partial charge in [-0.25, -0.2) is 0 Å². The minimum absolute atomic E-state index is 0.101.